The van der Waals surface area contributed by atoms with Crippen molar-refractivity contribution in [2.75, 3.05) is 33.4 Å². The lowest BCUT2D eigenvalue weighted by Crippen LogP contribution is -2.46. The molecule has 1 saturated heterocycles. The molecule has 1 amide bonds. The number of aliphatic hydroxyl groups is 1. The molecule has 4 aromatic carbocycles. The van der Waals surface area contributed by atoms with E-state index in [0.717, 1.165) is 22.3 Å². The van der Waals surface area contributed by atoms with Gasteiger partial charge in [0.25, 0.3) is 10.2 Å². The summed E-state index contributed by atoms with van der Waals surface area (Å²) in [5, 5.41) is 9.02. The lowest BCUT2D eigenvalue weighted by atomic mass is 9.84. The Morgan fingerprint density at radius 3 is 1.91 bits per heavy atom. The number of nitrogens with one attached hydrogen (secondary N) is 2. The standard InChI is InChI=1S/C35H39N3O6S2/c1-43-32-19-17-27(18-20-32)26-44-34(40)38-25-33(23-31(38)24-37-46(41,42)36-21-22-39)45-35(28-11-5-2-6-12-28,29-13-7-3-8-14-29)30-15-9-4-10-16-30/h2-20,31,33,36-37,39H,21-26H2,1H3/t31-,33-/m0/s1. The molecule has 0 saturated carbocycles. The average molecular weight is 662 g/mol. The zero-order chi connectivity index (χ0) is 32.4. The van der Waals surface area contributed by atoms with E-state index in [1.807, 2.05) is 66.7 Å². The number of methoxy groups -OCH3 is 1. The Morgan fingerprint density at radius 1 is 0.870 bits per heavy atom. The molecule has 5 rings (SSSR count). The van der Waals surface area contributed by atoms with Gasteiger partial charge in [0.1, 0.15) is 12.4 Å². The van der Waals surface area contributed by atoms with Crippen LogP contribution in [0.3, 0.4) is 0 Å². The molecule has 1 fully saturated rings. The molecular formula is C35H39N3O6S2. The van der Waals surface area contributed by atoms with Gasteiger partial charge in [-0.25, -0.2) is 14.2 Å². The van der Waals surface area contributed by atoms with Gasteiger partial charge in [-0.05, 0) is 40.8 Å². The fourth-order valence-electron chi connectivity index (χ4n) is 5.74. The Labute approximate surface area is 275 Å². The molecule has 1 aliphatic heterocycles. The highest BCUT2D eigenvalue weighted by Gasteiger charge is 2.44. The second-order valence-corrected chi connectivity index (χ2v) is 14.0. The van der Waals surface area contributed by atoms with Crippen molar-refractivity contribution < 1.29 is 27.8 Å². The highest BCUT2D eigenvalue weighted by Crippen LogP contribution is 2.52. The van der Waals surface area contributed by atoms with Crippen LogP contribution in [0.1, 0.15) is 28.7 Å². The second-order valence-electron chi connectivity index (χ2n) is 10.9. The van der Waals surface area contributed by atoms with E-state index in [2.05, 4.69) is 45.8 Å². The monoisotopic (exact) mass is 661 g/mol. The third kappa shape index (κ3) is 8.09. The summed E-state index contributed by atoms with van der Waals surface area (Å²) >= 11 is 1.76. The van der Waals surface area contributed by atoms with Crippen molar-refractivity contribution in [1.82, 2.24) is 14.3 Å². The molecule has 0 unspecified atom stereocenters. The van der Waals surface area contributed by atoms with E-state index >= 15 is 0 Å². The first-order chi connectivity index (χ1) is 22.3. The summed E-state index contributed by atoms with van der Waals surface area (Å²) in [6, 6.07) is 37.8. The number of amides is 1. The van der Waals surface area contributed by atoms with Crippen molar-refractivity contribution in [3.05, 3.63) is 138 Å². The molecule has 1 heterocycles. The summed E-state index contributed by atoms with van der Waals surface area (Å²) < 4.78 is 40.4. The zero-order valence-electron chi connectivity index (χ0n) is 25.6. The van der Waals surface area contributed by atoms with E-state index in [1.54, 1.807) is 35.9 Å². The third-order valence-corrected chi connectivity index (χ3v) is 10.8. The largest absolute Gasteiger partial charge is 0.497 e. The van der Waals surface area contributed by atoms with E-state index in [0.29, 0.717) is 18.7 Å². The first-order valence-corrected chi connectivity index (χ1v) is 17.5. The van der Waals surface area contributed by atoms with Gasteiger partial charge < -0.3 is 19.5 Å². The Bertz CT molecular complexity index is 1550. The third-order valence-electron chi connectivity index (χ3n) is 7.93. The summed E-state index contributed by atoms with van der Waals surface area (Å²) in [5.41, 5.74) is 4.11. The highest BCUT2D eigenvalue weighted by molar-refractivity contribution is 8.01. The molecule has 3 N–H and O–H groups in total. The lowest BCUT2D eigenvalue weighted by molar-refractivity contribution is 0.0927. The smallest absolute Gasteiger partial charge is 0.410 e. The fourth-order valence-corrected chi connectivity index (χ4v) is 8.48. The molecule has 46 heavy (non-hydrogen) atoms. The van der Waals surface area contributed by atoms with E-state index in [9.17, 15) is 13.2 Å². The first-order valence-electron chi connectivity index (χ1n) is 15.1. The number of aliphatic hydroxyl groups excluding tert-OH is 1. The maximum Gasteiger partial charge on any atom is 0.410 e. The molecule has 9 nitrogen and oxygen atoms in total. The van der Waals surface area contributed by atoms with Crippen LogP contribution in [0.25, 0.3) is 0 Å². The highest BCUT2D eigenvalue weighted by atomic mass is 32.2. The Morgan fingerprint density at radius 2 is 1.41 bits per heavy atom. The van der Waals surface area contributed by atoms with Crippen molar-refractivity contribution in [2.24, 2.45) is 0 Å². The SMILES string of the molecule is COc1ccc(COC(=O)N2C[C@@H](SC(c3ccccc3)(c3ccccc3)c3ccccc3)C[C@H]2CNS(=O)(=O)NCCO)cc1. The summed E-state index contributed by atoms with van der Waals surface area (Å²) in [5.74, 6) is 0.704. The van der Waals surface area contributed by atoms with Gasteiger partial charge in [0, 0.05) is 30.9 Å². The Kier molecular flexibility index (Phi) is 11.4. The number of rotatable bonds is 14. The van der Waals surface area contributed by atoms with Gasteiger partial charge >= 0.3 is 6.09 Å². The van der Waals surface area contributed by atoms with Crippen molar-refractivity contribution in [3.63, 3.8) is 0 Å². The molecule has 4 aromatic rings. The van der Waals surface area contributed by atoms with Gasteiger partial charge in [-0.2, -0.15) is 8.42 Å². The van der Waals surface area contributed by atoms with E-state index in [1.165, 1.54) is 0 Å². The van der Waals surface area contributed by atoms with E-state index in [4.69, 9.17) is 14.6 Å². The van der Waals surface area contributed by atoms with Crippen molar-refractivity contribution >= 4 is 28.1 Å². The molecule has 0 aliphatic carbocycles. The predicted molar refractivity (Wildman–Crippen MR) is 181 cm³/mol. The summed E-state index contributed by atoms with van der Waals surface area (Å²) in [6.07, 6.45) is 0.00942. The maximum absolute atomic E-state index is 13.6. The minimum Gasteiger partial charge on any atom is -0.497 e. The van der Waals surface area contributed by atoms with Crippen LogP contribution in [0, 0.1) is 0 Å². The van der Waals surface area contributed by atoms with Gasteiger partial charge in [0.2, 0.25) is 0 Å². The minimum atomic E-state index is -3.88. The average Bonchev–Trinajstić information content (AvgIpc) is 3.52. The van der Waals surface area contributed by atoms with Crippen LogP contribution in [0.5, 0.6) is 5.75 Å². The number of hydrogen-bond acceptors (Lipinski definition) is 7. The number of benzene rings is 4. The number of carbonyl (C=O) groups excluding carboxylic acids is 1. The molecule has 11 heteroatoms. The number of carbonyl (C=O) groups is 1. The molecule has 0 spiro atoms. The van der Waals surface area contributed by atoms with Gasteiger partial charge in [-0.3, -0.25) is 0 Å². The van der Waals surface area contributed by atoms with Crippen LogP contribution in [0.4, 0.5) is 4.79 Å². The van der Waals surface area contributed by atoms with Gasteiger partial charge in [-0.1, -0.05) is 103 Å². The molecule has 1 aliphatic rings. The Balaban J connectivity index is 1.45. The Hall–Kier alpha value is -3.87. The maximum atomic E-state index is 13.6. The zero-order valence-corrected chi connectivity index (χ0v) is 27.3. The van der Waals surface area contributed by atoms with Crippen LogP contribution >= 0.6 is 11.8 Å². The molecule has 0 radical (unpaired) electrons. The molecule has 2 atom stereocenters. The number of ether oxygens (including phenoxy) is 2. The first kappa shape index (κ1) is 33.5. The van der Waals surface area contributed by atoms with Crippen molar-refractivity contribution in [3.8, 4) is 5.75 Å². The van der Waals surface area contributed by atoms with Crippen LogP contribution < -0.4 is 14.2 Å². The summed E-state index contributed by atoms with van der Waals surface area (Å²) in [7, 11) is -2.29. The number of nitrogens with zero attached hydrogens (tertiary/aromatic N) is 1. The summed E-state index contributed by atoms with van der Waals surface area (Å²) in [6.45, 7) is -0.0236. The van der Waals surface area contributed by atoms with Crippen molar-refractivity contribution in [1.29, 1.82) is 0 Å². The van der Waals surface area contributed by atoms with E-state index < -0.39 is 27.1 Å². The molecule has 0 bridgehead atoms. The molecule has 242 valence electrons. The molecule has 0 aromatic heterocycles. The van der Waals surface area contributed by atoms with Crippen molar-refractivity contribution in [2.45, 2.75) is 29.1 Å². The van der Waals surface area contributed by atoms with E-state index in [-0.39, 0.29) is 31.6 Å². The number of likely N-dealkylation sites (tertiary alicyclic amines) is 1. The lowest BCUT2D eigenvalue weighted by Gasteiger charge is -2.37. The van der Waals surface area contributed by atoms with Gasteiger partial charge in [0.15, 0.2) is 0 Å². The second kappa shape index (κ2) is 15.6. The summed E-state index contributed by atoms with van der Waals surface area (Å²) in [4.78, 5) is 15.2. The fraction of sp³-hybridized carbons (Fsp3) is 0.286. The normalized spacial score (nSPS) is 16.7. The topological polar surface area (TPSA) is 117 Å². The number of hydrogen-bond donors (Lipinski definition) is 3. The van der Waals surface area contributed by atoms with Gasteiger partial charge in [-0.15, -0.1) is 11.8 Å². The quantitative estimate of drug-likeness (QED) is 0.164. The minimum absolute atomic E-state index is 0.00946. The predicted octanol–water partition coefficient (Wildman–Crippen LogP) is 4.92. The molecular weight excluding hydrogens is 623 g/mol. The van der Waals surface area contributed by atoms with Crippen LogP contribution in [0.2, 0.25) is 0 Å². The van der Waals surface area contributed by atoms with Crippen LogP contribution in [0.15, 0.2) is 115 Å². The van der Waals surface area contributed by atoms with Crippen LogP contribution in [-0.4, -0.2) is 69.2 Å². The van der Waals surface area contributed by atoms with Crippen LogP contribution in [-0.2, 0) is 26.3 Å². The number of thioether (sulfide) groups is 1. The van der Waals surface area contributed by atoms with Gasteiger partial charge in [0.05, 0.1) is 18.5 Å².